The molecule has 1 aliphatic carbocycles. The normalized spacial score (nSPS) is 13.7. The number of aryl methyl sites for hydroxylation is 1. The predicted molar refractivity (Wildman–Crippen MR) is 91.8 cm³/mol. The van der Waals surface area contributed by atoms with Gasteiger partial charge in [0, 0.05) is 11.6 Å². The van der Waals surface area contributed by atoms with Crippen molar-refractivity contribution in [3.05, 3.63) is 77.0 Å². The molecule has 1 aliphatic rings. The Morgan fingerprint density at radius 1 is 1.04 bits per heavy atom. The van der Waals surface area contributed by atoms with Crippen LogP contribution >= 0.6 is 0 Å². The van der Waals surface area contributed by atoms with Gasteiger partial charge in [-0.1, -0.05) is 59.8 Å². The maximum absolute atomic E-state index is 12.8. The highest BCUT2D eigenvalue weighted by atomic mass is 16.5. The maximum Gasteiger partial charge on any atom is 0.257 e. The molecule has 0 spiro atoms. The second kappa shape index (κ2) is 5.96. The van der Waals surface area contributed by atoms with E-state index in [9.17, 15) is 4.79 Å². The average Bonchev–Trinajstić information content (AvgIpc) is 3.18. The maximum atomic E-state index is 12.8. The van der Waals surface area contributed by atoms with E-state index in [-0.39, 0.29) is 11.9 Å². The molecule has 0 saturated carbocycles. The van der Waals surface area contributed by atoms with Crippen molar-refractivity contribution < 1.29 is 9.32 Å². The molecule has 120 valence electrons. The highest BCUT2D eigenvalue weighted by Gasteiger charge is 2.27. The molecular formula is C20H18N2O2. The van der Waals surface area contributed by atoms with E-state index < -0.39 is 0 Å². The van der Waals surface area contributed by atoms with Gasteiger partial charge in [0.2, 0.25) is 0 Å². The molecule has 1 amide bonds. The first-order valence-electron chi connectivity index (χ1n) is 8.11. The number of carbonyl (C=O) groups excluding carboxylic acids is 1. The van der Waals surface area contributed by atoms with Gasteiger partial charge in [-0.25, -0.2) is 0 Å². The molecular weight excluding hydrogens is 300 g/mol. The van der Waals surface area contributed by atoms with E-state index in [2.05, 4.69) is 22.6 Å². The number of hydrogen-bond acceptors (Lipinski definition) is 3. The highest BCUT2D eigenvalue weighted by Crippen LogP contribution is 2.26. The number of hydrogen-bond donors (Lipinski definition) is 1. The van der Waals surface area contributed by atoms with Crippen LogP contribution in [0.1, 0.15) is 27.2 Å². The highest BCUT2D eigenvalue weighted by molar-refractivity contribution is 6.01. The summed E-state index contributed by atoms with van der Waals surface area (Å²) < 4.78 is 5.29. The van der Waals surface area contributed by atoms with Gasteiger partial charge in [0.05, 0.1) is 0 Å². The summed E-state index contributed by atoms with van der Waals surface area (Å²) in [6.07, 6.45) is 1.74. The zero-order valence-electron chi connectivity index (χ0n) is 13.5. The Labute approximate surface area is 140 Å². The molecule has 0 fully saturated rings. The smallest absolute Gasteiger partial charge is 0.257 e. The molecule has 4 heteroatoms. The Hall–Kier alpha value is -2.88. The van der Waals surface area contributed by atoms with E-state index in [1.54, 1.807) is 6.92 Å². The molecule has 0 saturated heterocycles. The van der Waals surface area contributed by atoms with Crippen LogP contribution in [-0.4, -0.2) is 17.1 Å². The number of nitrogens with one attached hydrogen (secondary N) is 1. The Bertz CT molecular complexity index is 859. The van der Waals surface area contributed by atoms with Crippen LogP contribution in [0.3, 0.4) is 0 Å². The van der Waals surface area contributed by atoms with Gasteiger partial charge in [-0.2, -0.15) is 0 Å². The quantitative estimate of drug-likeness (QED) is 0.803. The first kappa shape index (κ1) is 14.7. The SMILES string of the molecule is Cc1onc(-c2ccccc2)c1C(=O)NC1Cc2ccccc2C1. The Morgan fingerprint density at radius 2 is 1.67 bits per heavy atom. The first-order chi connectivity index (χ1) is 11.7. The van der Waals surface area contributed by atoms with Crippen molar-refractivity contribution in [2.45, 2.75) is 25.8 Å². The minimum Gasteiger partial charge on any atom is -0.360 e. The van der Waals surface area contributed by atoms with E-state index in [0.29, 0.717) is 17.0 Å². The van der Waals surface area contributed by atoms with Crippen molar-refractivity contribution in [3.63, 3.8) is 0 Å². The summed E-state index contributed by atoms with van der Waals surface area (Å²) in [6.45, 7) is 1.78. The molecule has 0 atom stereocenters. The third-order valence-corrected chi connectivity index (χ3v) is 4.52. The van der Waals surface area contributed by atoms with Crippen LogP contribution in [0.25, 0.3) is 11.3 Å². The summed E-state index contributed by atoms with van der Waals surface area (Å²) in [5.41, 5.74) is 4.63. The van der Waals surface area contributed by atoms with Gasteiger partial charge >= 0.3 is 0 Å². The fourth-order valence-electron chi connectivity index (χ4n) is 3.35. The van der Waals surface area contributed by atoms with Crippen LogP contribution in [0.4, 0.5) is 0 Å². The number of rotatable bonds is 3. The summed E-state index contributed by atoms with van der Waals surface area (Å²) in [5.74, 6) is 0.423. The molecule has 2 aromatic carbocycles. The topological polar surface area (TPSA) is 55.1 Å². The number of nitrogens with zero attached hydrogens (tertiary/aromatic N) is 1. The Balaban J connectivity index is 1.57. The minimum atomic E-state index is -0.120. The molecule has 0 unspecified atom stereocenters. The molecule has 1 N–H and O–H groups in total. The largest absolute Gasteiger partial charge is 0.360 e. The standard InChI is InChI=1S/C20H18N2O2/c1-13-18(19(22-24-13)14-7-3-2-4-8-14)20(23)21-17-11-15-9-5-6-10-16(15)12-17/h2-10,17H,11-12H2,1H3,(H,21,23). The van der Waals surface area contributed by atoms with Crippen LogP contribution in [0.5, 0.6) is 0 Å². The number of fused-ring (bicyclic) bond motifs is 1. The zero-order valence-corrected chi connectivity index (χ0v) is 13.5. The monoisotopic (exact) mass is 318 g/mol. The van der Waals surface area contributed by atoms with Gasteiger partial charge in [-0.05, 0) is 30.9 Å². The Kier molecular flexibility index (Phi) is 3.65. The molecule has 1 aromatic heterocycles. The van der Waals surface area contributed by atoms with Crippen molar-refractivity contribution in [2.24, 2.45) is 0 Å². The van der Waals surface area contributed by atoms with Gasteiger partial charge in [0.1, 0.15) is 17.0 Å². The van der Waals surface area contributed by atoms with Gasteiger partial charge in [0.15, 0.2) is 0 Å². The van der Waals surface area contributed by atoms with Crippen LogP contribution < -0.4 is 5.32 Å². The van der Waals surface area contributed by atoms with E-state index in [4.69, 9.17) is 4.52 Å². The molecule has 0 radical (unpaired) electrons. The van der Waals surface area contributed by atoms with E-state index in [1.807, 2.05) is 42.5 Å². The molecule has 4 nitrogen and oxygen atoms in total. The lowest BCUT2D eigenvalue weighted by atomic mass is 10.1. The number of benzene rings is 2. The van der Waals surface area contributed by atoms with Gasteiger partial charge in [0.25, 0.3) is 5.91 Å². The fourth-order valence-corrected chi connectivity index (χ4v) is 3.35. The van der Waals surface area contributed by atoms with Gasteiger partial charge < -0.3 is 9.84 Å². The first-order valence-corrected chi connectivity index (χ1v) is 8.11. The molecule has 0 aliphatic heterocycles. The van der Waals surface area contributed by atoms with Crippen molar-refractivity contribution in [1.82, 2.24) is 10.5 Å². The van der Waals surface area contributed by atoms with Crippen LogP contribution in [0.15, 0.2) is 59.1 Å². The van der Waals surface area contributed by atoms with E-state index in [1.165, 1.54) is 11.1 Å². The van der Waals surface area contributed by atoms with Gasteiger partial charge in [-0.3, -0.25) is 4.79 Å². The molecule has 3 aromatic rings. The van der Waals surface area contributed by atoms with Crippen LogP contribution in [0, 0.1) is 6.92 Å². The number of aromatic nitrogens is 1. The number of amides is 1. The fraction of sp³-hybridized carbons (Fsp3) is 0.200. The van der Waals surface area contributed by atoms with E-state index in [0.717, 1.165) is 18.4 Å². The van der Waals surface area contributed by atoms with Crippen LogP contribution in [-0.2, 0) is 12.8 Å². The zero-order chi connectivity index (χ0) is 16.5. The van der Waals surface area contributed by atoms with Crippen LogP contribution in [0.2, 0.25) is 0 Å². The third kappa shape index (κ3) is 2.60. The predicted octanol–water partition coefficient (Wildman–Crippen LogP) is 3.55. The van der Waals surface area contributed by atoms with Crippen molar-refractivity contribution in [2.75, 3.05) is 0 Å². The van der Waals surface area contributed by atoms with Crippen molar-refractivity contribution >= 4 is 5.91 Å². The summed E-state index contributed by atoms with van der Waals surface area (Å²) in [7, 11) is 0. The lowest BCUT2D eigenvalue weighted by molar-refractivity contribution is 0.0937. The second-order valence-corrected chi connectivity index (χ2v) is 6.18. The molecule has 4 rings (SSSR count). The molecule has 24 heavy (non-hydrogen) atoms. The molecule has 1 heterocycles. The Morgan fingerprint density at radius 3 is 2.33 bits per heavy atom. The second-order valence-electron chi connectivity index (χ2n) is 6.18. The number of carbonyl (C=O) groups is 1. The summed E-state index contributed by atoms with van der Waals surface area (Å²) in [5, 5.41) is 7.23. The minimum absolute atomic E-state index is 0.118. The average molecular weight is 318 g/mol. The lowest BCUT2D eigenvalue weighted by Crippen LogP contribution is -2.35. The van der Waals surface area contributed by atoms with Crippen molar-refractivity contribution in [3.8, 4) is 11.3 Å². The third-order valence-electron chi connectivity index (χ3n) is 4.52. The van der Waals surface area contributed by atoms with E-state index >= 15 is 0 Å². The summed E-state index contributed by atoms with van der Waals surface area (Å²) in [6, 6.07) is 18.1. The van der Waals surface area contributed by atoms with Gasteiger partial charge in [-0.15, -0.1) is 0 Å². The molecule has 0 bridgehead atoms. The lowest BCUT2D eigenvalue weighted by Gasteiger charge is -2.12. The summed E-state index contributed by atoms with van der Waals surface area (Å²) in [4.78, 5) is 12.8. The van der Waals surface area contributed by atoms with Crippen molar-refractivity contribution in [1.29, 1.82) is 0 Å². The summed E-state index contributed by atoms with van der Waals surface area (Å²) >= 11 is 0.